The number of ether oxygens (including phenoxy) is 2. The standard InChI is InChI=1S/C15H30N2O2/c1-15(2)7-6-14(19-15)12-17-9-4-5-13(17)11-16-8-10-18-3/h13-14,16H,4-12H2,1-3H3. The minimum absolute atomic E-state index is 0.0939. The smallest absolute Gasteiger partial charge is 0.0710 e. The van der Waals surface area contributed by atoms with E-state index in [1.54, 1.807) is 7.11 Å². The summed E-state index contributed by atoms with van der Waals surface area (Å²) in [5.74, 6) is 0. The lowest BCUT2D eigenvalue weighted by Gasteiger charge is -2.28. The lowest BCUT2D eigenvalue weighted by atomic mass is 10.1. The maximum absolute atomic E-state index is 6.12. The molecule has 0 aromatic rings. The van der Waals surface area contributed by atoms with E-state index in [1.165, 1.54) is 32.2 Å². The van der Waals surface area contributed by atoms with Gasteiger partial charge in [0.05, 0.1) is 18.3 Å². The molecule has 19 heavy (non-hydrogen) atoms. The summed E-state index contributed by atoms with van der Waals surface area (Å²) in [7, 11) is 1.75. The summed E-state index contributed by atoms with van der Waals surface area (Å²) >= 11 is 0. The van der Waals surface area contributed by atoms with Crippen molar-refractivity contribution >= 4 is 0 Å². The van der Waals surface area contributed by atoms with Gasteiger partial charge in [0.15, 0.2) is 0 Å². The third-order valence-corrected chi connectivity index (χ3v) is 4.35. The number of nitrogens with zero attached hydrogens (tertiary/aromatic N) is 1. The maximum atomic E-state index is 6.12. The summed E-state index contributed by atoms with van der Waals surface area (Å²) in [6, 6.07) is 0.684. The predicted octanol–water partition coefficient (Wildman–Crippen LogP) is 1.64. The van der Waals surface area contributed by atoms with Crippen LogP contribution in [0, 0.1) is 0 Å². The van der Waals surface area contributed by atoms with Gasteiger partial charge in [-0.25, -0.2) is 0 Å². The van der Waals surface area contributed by atoms with Crippen molar-refractivity contribution in [2.75, 3.05) is 39.9 Å². The molecule has 112 valence electrons. The van der Waals surface area contributed by atoms with Crippen LogP contribution in [0.1, 0.15) is 39.5 Å². The first-order valence-electron chi connectivity index (χ1n) is 7.72. The van der Waals surface area contributed by atoms with Crippen molar-refractivity contribution < 1.29 is 9.47 Å². The number of hydrogen-bond donors (Lipinski definition) is 1. The van der Waals surface area contributed by atoms with Crippen LogP contribution in [0.4, 0.5) is 0 Å². The highest BCUT2D eigenvalue weighted by molar-refractivity contribution is 4.87. The van der Waals surface area contributed by atoms with E-state index in [1.807, 2.05) is 0 Å². The zero-order chi connectivity index (χ0) is 13.7. The summed E-state index contributed by atoms with van der Waals surface area (Å²) in [6.45, 7) is 9.60. The van der Waals surface area contributed by atoms with Gasteiger partial charge in [-0.15, -0.1) is 0 Å². The Balaban J connectivity index is 1.70. The second-order valence-corrected chi connectivity index (χ2v) is 6.53. The molecule has 2 rings (SSSR count). The number of methoxy groups -OCH3 is 1. The highest BCUT2D eigenvalue weighted by atomic mass is 16.5. The van der Waals surface area contributed by atoms with Gasteiger partial charge in [0, 0.05) is 32.8 Å². The Morgan fingerprint density at radius 3 is 2.89 bits per heavy atom. The molecule has 0 aromatic carbocycles. The van der Waals surface area contributed by atoms with Crippen LogP contribution in [-0.4, -0.2) is 62.5 Å². The van der Waals surface area contributed by atoms with Crippen LogP contribution in [-0.2, 0) is 9.47 Å². The van der Waals surface area contributed by atoms with Crippen LogP contribution < -0.4 is 5.32 Å². The first-order valence-corrected chi connectivity index (χ1v) is 7.72. The third kappa shape index (κ3) is 4.71. The Morgan fingerprint density at radius 1 is 1.37 bits per heavy atom. The molecule has 0 radical (unpaired) electrons. The number of rotatable bonds is 7. The molecule has 2 aliphatic heterocycles. The zero-order valence-electron chi connectivity index (χ0n) is 12.8. The topological polar surface area (TPSA) is 33.7 Å². The molecule has 0 bridgehead atoms. The molecule has 4 nitrogen and oxygen atoms in total. The fourth-order valence-corrected chi connectivity index (χ4v) is 3.28. The quantitative estimate of drug-likeness (QED) is 0.713. The van der Waals surface area contributed by atoms with Crippen LogP contribution in [0.2, 0.25) is 0 Å². The minimum Gasteiger partial charge on any atom is -0.383 e. The highest BCUT2D eigenvalue weighted by Crippen LogP contribution is 2.31. The number of hydrogen-bond acceptors (Lipinski definition) is 4. The fourth-order valence-electron chi connectivity index (χ4n) is 3.28. The first-order chi connectivity index (χ1) is 9.11. The molecule has 0 aromatic heterocycles. The minimum atomic E-state index is 0.0939. The molecule has 0 amide bonds. The second kappa shape index (κ2) is 7.02. The van der Waals surface area contributed by atoms with Gasteiger partial charge in [0.1, 0.15) is 0 Å². The molecule has 2 saturated heterocycles. The summed E-state index contributed by atoms with van der Waals surface area (Å²) in [5, 5.41) is 3.49. The molecule has 0 saturated carbocycles. The molecule has 0 aliphatic carbocycles. The number of likely N-dealkylation sites (tertiary alicyclic amines) is 1. The van der Waals surface area contributed by atoms with Crippen molar-refractivity contribution in [1.29, 1.82) is 0 Å². The van der Waals surface area contributed by atoms with Crippen molar-refractivity contribution in [3.05, 3.63) is 0 Å². The van der Waals surface area contributed by atoms with Crippen LogP contribution >= 0.6 is 0 Å². The monoisotopic (exact) mass is 270 g/mol. The lowest BCUT2D eigenvalue weighted by molar-refractivity contribution is -0.0300. The summed E-state index contributed by atoms with van der Waals surface area (Å²) in [6.07, 6.45) is 5.49. The third-order valence-electron chi connectivity index (χ3n) is 4.35. The van der Waals surface area contributed by atoms with E-state index >= 15 is 0 Å². The largest absolute Gasteiger partial charge is 0.383 e. The molecule has 2 unspecified atom stereocenters. The van der Waals surface area contributed by atoms with E-state index in [0.29, 0.717) is 12.1 Å². The predicted molar refractivity (Wildman–Crippen MR) is 77.5 cm³/mol. The van der Waals surface area contributed by atoms with Crippen molar-refractivity contribution in [2.24, 2.45) is 0 Å². The molecule has 1 N–H and O–H groups in total. The van der Waals surface area contributed by atoms with E-state index in [0.717, 1.165) is 26.2 Å². The number of nitrogens with one attached hydrogen (secondary N) is 1. The zero-order valence-corrected chi connectivity index (χ0v) is 12.8. The normalized spacial score (nSPS) is 31.1. The van der Waals surface area contributed by atoms with Crippen molar-refractivity contribution in [1.82, 2.24) is 10.2 Å². The van der Waals surface area contributed by atoms with Crippen molar-refractivity contribution in [3.8, 4) is 0 Å². The van der Waals surface area contributed by atoms with Gasteiger partial charge < -0.3 is 14.8 Å². The molecular weight excluding hydrogens is 240 g/mol. The molecule has 2 fully saturated rings. The molecule has 2 aliphatic rings. The Labute approximate surface area is 117 Å². The molecule has 0 spiro atoms. The Hall–Kier alpha value is -0.160. The van der Waals surface area contributed by atoms with Gasteiger partial charge in [0.2, 0.25) is 0 Å². The second-order valence-electron chi connectivity index (χ2n) is 6.53. The van der Waals surface area contributed by atoms with Gasteiger partial charge in [-0.2, -0.15) is 0 Å². The SMILES string of the molecule is COCCNCC1CCCN1CC1CCC(C)(C)O1. The van der Waals surface area contributed by atoms with Gasteiger partial charge in [-0.1, -0.05) is 0 Å². The van der Waals surface area contributed by atoms with E-state index < -0.39 is 0 Å². The van der Waals surface area contributed by atoms with Crippen LogP contribution in [0.3, 0.4) is 0 Å². The van der Waals surface area contributed by atoms with E-state index in [2.05, 4.69) is 24.1 Å². The van der Waals surface area contributed by atoms with Crippen LogP contribution in [0.15, 0.2) is 0 Å². The maximum Gasteiger partial charge on any atom is 0.0710 e. The van der Waals surface area contributed by atoms with Gasteiger partial charge in [-0.05, 0) is 46.1 Å². The van der Waals surface area contributed by atoms with Crippen LogP contribution in [0.25, 0.3) is 0 Å². The van der Waals surface area contributed by atoms with Gasteiger partial charge in [0.25, 0.3) is 0 Å². The van der Waals surface area contributed by atoms with Gasteiger partial charge >= 0.3 is 0 Å². The first kappa shape index (κ1) is 15.2. The Bertz CT molecular complexity index is 271. The Kier molecular flexibility index (Phi) is 5.63. The lowest BCUT2D eigenvalue weighted by Crippen LogP contribution is -2.42. The van der Waals surface area contributed by atoms with E-state index in [4.69, 9.17) is 9.47 Å². The van der Waals surface area contributed by atoms with E-state index in [-0.39, 0.29) is 5.60 Å². The van der Waals surface area contributed by atoms with Gasteiger partial charge in [-0.3, -0.25) is 4.90 Å². The molecule has 2 heterocycles. The Morgan fingerprint density at radius 2 is 2.21 bits per heavy atom. The van der Waals surface area contributed by atoms with Crippen molar-refractivity contribution in [3.63, 3.8) is 0 Å². The average molecular weight is 270 g/mol. The average Bonchev–Trinajstić information content (AvgIpc) is 2.92. The highest BCUT2D eigenvalue weighted by Gasteiger charge is 2.34. The van der Waals surface area contributed by atoms with E-state index in [9.17, 15) is 0 Å². The molecule has 2 atom stereocenters. The van der Waals surface area contributed by atoms with Crippen LogP contribution in [0.5, 0.6) is 0 Å². The summed E-state index contributed by atoms with van der Waals surface area (Å²) in [5.41, 5.74) is 0.0939. The summed E-state index contributed by atoms with van der Waals surface area (Å²) in [4.78, 5) is 2.62. The molecule has 4 heteroatoms. The molecular formula is C15H30N2O2. The summed E-state index contributed by atoms with van der Waals surface area (Å²) < 4.78 is 11.2. The van der Waals surface area contributed by atoms with Crippen molar-refractivity contribution in [2.45, 2.75) is 57.3 Å². The fraction of sp³-hybridized carbons (Fsp3) is 1.00.